The quantitative estimate of drug-likeness (QED) is 0.745. The van der Waals surface area contributed by atoms with Crippen molar-refractivity contribution in [2.24, 2.45) is 0 Å². The van der Waals surface area contributed by atoms with Crippen molar-refractivity contribution < 1.29 is 9.32 Å². The number of H-pyrrole nitrogens is 1. The van der Waals surface area contributed by atoms with E-state index in [2.05, 4.69) is 47.2 Å². The molecule has 6 heteroatoms. The van der Waals surface area contributed by atoms with Gasteiger partial charge in [0.2, 0.25) is 5.91 Å². The summed E-state index contributed by atoms with van der Waals surface area (Å²) in [6.45, 7) is 6.65. The molecule has 0 aliphatic rings. The maximum Gasteiger partial charge on any atom is 0.274 e. The van der Waals surface area contributed by atoms with Crippen molar-refractivity contribution >= 4 is 16.8 Å². The second kappa shape index (κ2) is 7.09. The van der Waals surface area contributed by atoms with Crippen LogP contribution in [0, 0.1) is 6.92 Å². The average molecular weight is 340 g/mol. The van der Waals surface area contributed by atoms with Crippen LogP contribution in [-0.2, 0) is 17.6 Å². The number of rotatable bonds is 6. The third kappa shape index (κ3) is 3.43. The fraction of sp³-hybridized carbons (Fsp3) is 0.421. The standard InChI is InChI=1S/C19H24N4O2/c1-5-13-14-11-12(3)7-8-15(14)20-18(13)19-21-16(22-25-19)9-10-23(4)17(24)6-2/h7-8,11,20H,5-6,9-10H2,1-4H3. The summed E-state index contributed by atoms with van der Waals surface area (Å²) < 4.78 is 5.48. The van der Waals surface area contributed by atoms with Crippen molar-refractivity contribution in [3.8, 4) is 11.6 Å². The molecule has 1 aromatic carbocycles. The molecule has 0 atom stereocenters. The Morgan fingerprint density at radius 1 is 1.32 bits per heavy atom. The molecule has 1 amide bonds. The molecule has 0 fully saturated rings. The highest BCUT2D eigenvalue weighted by Gasteiger charge is 2.18. The highest BCUT2D eigenvalue weighted by atomic mass is 16.5. The Morgan fingerprint density at radius 3 is 2.84 bits per heavy atom. The fourth-order valence-electron chi connectivity index (χ4n) is 3.03. The number of likely N-dealkylation sites (N-methyl/N-ethyl adjacent to an activating group) is 1. The van der Waals surface area contributed by atoms with Crippen LogP contribution in [0.1, 0.15) is 37.2 Å². The van der Waals surface area contributed by atoms with Crippen LogP contribution in [0.3, 0.4) is 0 Å². The van der Waals surface area contributed by atoms with E-state index in [0.717, 1.165) is 17.6 Å². The number of nitrogens with one attached hydrogen (secondary N) is 1. The first-order valence-corrected chi connectivity index (χ1v) is 8.71. The van der Waals surface area contributed by atoms with E-state index in [1.165, 1.54) is 16.5 Å². The molecule has 132 valence electrons. The number of carbonyl (C=O) groups excluding carboxylic acids is 1. The number of amides is 1. The number of benzene rings is 1. The van der Waals surface area contributed by atoms with Crippen molar-refractivity contribution in [2.75, 3.05) is 13.6 Å². The van der Waals surface area contributed by atoms with Crippen LogP contribution in [0.2, 0.25) is 0 Å². The largest absolute Gasteiger partial charge is 0.350 e. The summed E-state index contributed by atoms with van der Waals surface area (Å²) in [5.41, 5.74) is 4.38. The predicted molar refractivity (Wildman–Crippen MR) is 97.3 cm³/mol. The first-order chi connectivity index (χ1) is 12.0. The lowest BCUT2D eigenvalue weighted by atomic mass is 10.1. The molecule has 25 heavy (non-hydrogen) atoms. The number of aryl methyl sites for hydroxylation is 2. The van der Waals surface area contributed by atoms with E-state index in [0.29, 0.717) is 31.1 Å². The van der Waals surface area contributed by atoms with Crippen molar-refractivity contribution in [3.63, 3.8) is 0 Å². The zero-order valence-corrected chi connectivity index (χ0v) is 15.2. The summed E-state index contributed by atoms with van der Waals surface area (Å²) >= 11 is 0. The Balaban J connectivity index is 1.85. The Kier molecular flexibility index (Phi) is 4.88. The van der Waals surface area contributed by atoms with Gasteiger partial charge in [0.1, 0.15) is 5.69 Å². The first-order valence-electron chi connectivity index (χ1n) is 8.71. The van der Waals surface area contributed by atoms with Crippen LogP contribution in [0.4, 0.5) is 0 Å². The zero-order valence-electron chi connectivity index (χ0n) is 15.2. The smallest absolute Gasteiger partial charge is 0.274 e. The molecule has 0 bridgehead atoms. The van der Waals surface area contributed by atoms with E-state index in [-0.39, 0.29) is 5.91 Å². The van der Waals surface area contributed by atoms with E-state index < -0.39 is 0 Å². The van der Waals surface area contributed by atoms with Crippen LogP contribution in [0.5, 0.6) is 0 Å². The van der Waals surface area contributed by atoms with Crippen LogP contribution in [-0.4, -0.2) is 39.5 Å². The third-order valence-corrected chi connectivity index (χ3v) is 4.50. The van der Waals surface area contributed by atoms with Crippen LogP contribution >= 0.6 is 0 Å². The SMILES string of the molecule is CCC(=O)N(C)CCc1noc(-c2[nH]c3ccc(C)cc3c2CC)n1. The van der Waals surface area contributed by atoms with Gasteiger partial charge < -0.3 is 14.4 Å². The Labute approximate surface area is 147 Å². The van der Waals surface area contributed by atoms with Crippen LogP contribution in [0.25, 0.3) is 22.5 Å². The number of carbonyl (C=O) groups is 1. The second-order valence-corrected chi connectivity index (χ2v) is 6.32. The lowest BCUT2D eigenvalue weighted by Crippen LogP contribution is -2.28. The Morgan fingerprint density at radius 2 is 2.12 bits per heavy atom. The van der Waals surface area contributed by atoms with E-state index in [4.69, 9.17) is 4.52 Å². The molecule has 0 saturated carbocycles. The molecule has 2 heterocycles. The van der Waals surface area contributed by atoms with E-state index in [9.17, 15) is 4.79 Å². The molecular weight excluding hydrogens is 316 g/mol. The summed E-state index contributed by atoms with van der Waals surface area (Å²) in [5.74, 6) is 1.23. The molecule has 6 nitrogen and oxygen atoms in total. The van der Waals surface area contributed by atoms with E-state index >= 15 is 0 Å². The maximum absolute atomic E-state index is 11.6. The molecule has 2 aromatic heterocycles. The van der Waals surface area contributed by atoms with Crippen molar-refractivity contribution in [1.29, 1.82) is 0 Å². The summed E-state index contributed by atoms with van der Waals surface area (Å²) in [5, 5.41) is 5.27. The molecule has 0 aliphatic carbocycles. The zero-order chi connectivity index (χ0) is 18.0. The minimum absolute atomic E-state index is 0.114. The first kappa shape index (κ1) is 17.2. The lowest BCUT2D eigenvalue weighted by molar-refractivity contribution is -0.129. The van der Waals surface area contributed by atoms with Crippen molar-refractivity contribution in [3.05, 3.63) is 35.2 Å². The predicted octanol–water partition coefficient (Wildman–Crippen LogP) is 3.50. The number of aromatic nitrogens is 3. The topological polar surface area (TPSA) is 75.0 Å². The van der Waals surface area contributed by atoms with Gasteiger partial charge in [0.15, 0.2) is 5.82 Å². The molecular formula is C19H24N4O2. The Bertz CT molecular complexity index is 894. The van der Waals surface area contributed by atoms with Crippen molar-refractivity contribution in [2.45, 2.75) is 40.0 Å². The van der Waals surface area contributed by atoms with Gasteiger partial charge >= 0.3 is 0 Å². The lowest BCUT2D eigenvalue weighted by Gasteiger charge is -2.14. The van der Waals surface area contributed by atoms with Gasteiger partial charge in [-0.05, 0) is 31.0 Å². The van der Waals surface area contributed by atoms with Crippen LogP contribution < -0.4 is 0 Å². The monoisotopic (exact) mass is 340 g/mol. The Hall–Kier alpha value is -2.63. The van der Waals surface area contributed by atoms with Gasteiger partial charge in [0.05, 0.1) is 0 Å². The van der Waals surface area contributed by atoms with E-state index in [1.54, 1.807) is 11.9 Å². The molecule has 3 aromatic rings. The van der Waals surface area contributed by atoms with Gasteiger partial charge in [0.25, 0.3) is 5.89 Å². The summed E-state index contributed by atoms with van der Waals surface area (Å²) in [6.07, 6.45) is 1.96. The highest BCUT2D eigenvalue weighted by molar-refractivity contribution is 5.90. The van der Waals surface area contributed by atoms with Gasteiger partial charge in [0, 0.05) is 37.3 Å². The number of fused-ring (bicyclic) bond motifs is 1. The van der Waals surface area contributed by atoms with Crippen LogP contribution in [0.15, 0.2) is 22.7 Å². The van der Waals surface area contributed by atoms with Gasteiger partial charge in [-0.2, -0.15) is 4.98 Å². The summed E-state index contributed by atoms with van der Waals surface area (Å²) in [7, 11) is 1.79. The number of hydrogen-bond donors (Lipinski definition) is 1. The number of aromatic amines is 1. The minimum Gasteiger partial charge on any atom is -0.350 e. The van der Waals surface area contributed by atoms with E-state index in [1.807, 2.05) is 6.92 Å². The summed E-state index contributed by atoms with van der Waals surface area (Å²) in [4.78, 5) is 21.2. The number of hydrogen-bond acceptors (Lipinski definition) is 4. The molecule has 0 aliphatic heterocycles. The minimum atomic E-state index is 0.114. The van der Waals surface area contributed by atoms with Gasteiger partial charge in [-0.25, -0.2) is 0 Å². The molecule has 0 unspecified atom stereocenters. The van der Waals surface area contributed by atoms with Crippen molar-refractivity contribution in [1.82, 2.24) is 20.0 Å². The fourth-order valence-corrected chi connectivity index (χ4v) is 3.03. The maximum atomic E-state index is 11.6. The second-order valence-electron chi connectivity index (χ2n) is 6.32. The van der Waals surface area contributed by atoms with Gasteiger partial charge in [-0.15, -0.1) is 0 Å². The molecule has 0 radical (unpaired) electrons. The molecule has 0 saturated heterocycles. The normalized spacial score (nSPS) is 11.2. The molecule has 3 rings (SSSR count). The third-order valence-electron chi connectivity index (χ3n) is 4.50. The van der Waals surface area contributed by atoms with Gasteiger partial charge in [-0.1, -0.05) is 30.6 Å². The van der Waals surface area contributed by atoms with Gasteiger partial charge in [-0.3, -0.25) is 4.79 Å². The highest BCUT2D eigenvalue weighted by Crippen LogP contribution is 2.30. The molecule has 1 N–H and O–H groups in total. The summed E-state index contributed by atoms with van der Waals surface area (Å²) in [6, 6.07) is 6.34. The molecule has 0 spiro atoms. The number of nitrogens with zero attached hydrogens (tertiary/aromatic N) is 3. The average Bonchev–Trinajstić information content (AvgIpc) is 3.22.